The van der Waals surface area contributed by atoms with Gasteiger partial charge in [-0.05, 0) is 23.8 Å². The van der Waals surface area contributed by atoms with Crippen LogP contribution in [0.2, 0.25) is 0 Å². The quantitative estimate of drug-likeness (QED) is 0.632. The summed E-state index contributed by atoms with van der Waals surface area (Å²) >= 11 is 0. The highest BCUT2D eigenvalue weighted by molar-refractivity contribution is 6.27. The number of carboxylic acids is 2. The Labute approximate surface area is 188 Å². The normalized spacial score (nSPS) is 14.4. The monoisotopic (exact) mass is 442 g/mol. The molecule has 32 heavy (non-hydrogen) atoms. The maximum absolute atomic E-state index is 9.10. The predicted molar refractivity (Wildman–Crippen MR) is 122 cm³/mol. The summed E-state index contributed by atoms with van der Waals surface area (Å²) in [5.74, 6) is -1.84. The third-order valence-electron chi connectivity index (χ3n) is 5.00. The summed E-state index contributed by atoms with van der Waals surface area (Å²) in [4.78, 5) is 23.2. The van der Waals surface area contributed by atoms with Gasteiger partial charge in [-0.25, -0.2) is 9.59 Å². The van der Waals surface area contributed by atoms with Gasteiger partial charge in [0.1, 0.15) is 11.5 Å². The molecule has 1 aliphatic heterocycles. The Balaban J connectivity index is 0.000000534. The van der Waals surface area contributed by atoms with Crippen LogP contribution < -0.4 is 9.47 Å². The van der Waals surface area contributed by atoms with Crippen LogP contribution in [0.1, 0.15) is 11.1 Å². The van der Waals surface area contributed by atoms with E-state index in [1.54, 1.807) is 14.2 Å². The van der Waals surface area contributed by atoms with Gasteiger partial charge in [0.2, 0.25) is 0 Å². The summed E-state index contributed by atoms with van der Waals surface area (Å²) in [6.45, 7) is 6.22. The molecule has 1 heterocycles. The summed E-state index contributed by atoms with van der Waals surface area (Å²) in [5, 5.41) is 14.8. The second-order valence-electron chi connectivity index (χ2n) is 7.18. The Bertz CT molecular complexity index is 881. The molecule has 2 aromatic rings. The molecule has 0 aromatic heterocycles. The van der Waals surface area contributed by atoms with E-state index in [4.69, 9.17) is 29.3 Å². The number of methoxy groups -OCH3 is 2. The largest absolute Gasteiger partial charge is 0.497 e. The number of ether oxygens (including phenoxy) is 2. The van der Waals surface area contributed by atoms with Crippen LogP contribution in [0.4, 0.5) is 0 Å². The minimum Gasteiger partial charge on any atom is -0.497 e. The number of aliphatic carboxylic acids is 2. The highest BCUT2D eigenvalue weighted by Gasteiger charge is 2.17. The van der Waals surface area contributed by atoms with E-state index in [1.807, 2.05) is 18.2 Å². The molecule has 0 bridgehead atoms. The topological polar surface area (TPSA) is 99.5 Å². The Kier molecular flexibility index (Phi) is 10.2. The van der Waals surface area contributed by atoms with Crippen molar-refractivity contribution in [3.05, 3.63) is 65.7 Å². The standard InChI is InChI=1S/C22H28N2O2.C2H2O4/c1-25-21-10-11-22(26-2)20(17-21)18-24-15-13-23(14-16-24)12-6-9-19-7-4-3-5-8-19;3-1(4)2(5)6/h3-11,17H,12-16,18H2,1-2H3;(H,3,4)(H,5,6). The van der Waals surface area contributed by atoms with Crippen molar-refractivity contribution >= 4 is 18.0 Å². The van der Waals surface area contributed by atoms with E-state index in [0.29, 0.717) is 0 Å². The molecule has 172 valence electrons. The van der Waals surface area contributed by atoms with Gasteiger partial charge in [-0.1, -0.05) is 42.5 Å². The van der Waals surface area contributed by atoms with Crippen molar-refractivity contribution < 1.29 is 29.3 Å². The molecule has 8 heteroatoms. The van der Waals surface area contributed by atoms with E-state index in [9.17, 15) is 0 Å². The average Bonchev–Trinajstić information content (AvgIpc) is 2.81. The van der Waals surface area contributed by atoms with Gasteiger partial charge >= 0.3 is 11.9 Å². The fraction of sp³-hybridized carbons (Fsp3) is 0.333. The lowest BCUT2D eigenvalue weighted by Gasteiger charge is -2.34. The smallest absolute Gasteiger partial charge is 0.414 e. The van der Waals surface area contributed by atoms with E-state index in [0.717, 1.165) is 50.8 Å². The lowest BCUT2D eigenvalue weighted by Crippen LogP contribution is -2.45. The van der Waals surface area contributed by atoms with Crippen molar-refractivity contribution in [2.75, 3.05) is 46.9 Å². The SMILES string of the molecule is COc1ccc(OC)c(CN2CCN(CC=Cc3ccccc3)CC2)c1.O=C(O)C(=O)O. The Hall–Kier alpha value is -3.36. The van der Waals surface area contributed by atoms with Crippen LogP contribution in [-0.4, -0.2) is 78.9 Å². The number of hydrogen-bond acceptors (Lipinski definition) is 6. The molecule has 0 radical (unpaired) electrons. The maximum atomic E-state index is 9.10. The van der Waals surface area contributed by atoms with E-state index < -0.39 is 11.9 Å². The molecular weight excluding hydrogens is 412 g/mol. The van der Waals surface area contributed by atoms with Gasteiger partial charge in [0, 0.05) is 44.8 Å². The van der Waals surface area contributed by atoms with E-state index in [2.05, 4.69) is 52.3 Å². The van der Waals surface area contributed by atoms with Crippen LogP contribution in [0.25, 0.3) is 6.08 Å². The number of carbonyl (C=O) groups is 2. The highest BCUT2D eigenvalue weighted by Crippen LogP contribution is 2.25. The lowest BCUT2D eigenvalue weighted by atomic mass is 10.1. The van der Waals surface area contributed by atoms with Gasteiger partial charge in [0.25, 0.3) is 0 Å². The Morgan fingerprint density at radius 3 is 2.09 bits per heavy atom. The molecular formula is C24H30N2O6. The summed E-state index contributed by atoms with van der Waals surface area (Å²) in [5.41, 5.74) is 2.44. The van der Waals surface area contributed by atoms with Crippen LogP contribution in [0, 0.1) is 0 Å². The third kappa shape index (κ3) is 8.41. The number of nitrogens with zero attached hydrogens (tertiary/aromatic N) is 2. The minimum atomic E-state index is -1.82. The zero-order valence-corrected chi connectivity index (χ0v) is 18.4. The molecule has 1 fully saturated rings. The second kappa shape index (κ2) is 13.1. The predicted octanol–water partition coefficient (Wildman–Crippen LogP) is 2.69. The van der Waals surface area contributed by atoms with Crippen molar-refractivity contribution in [1.29, 1.82) is 0 Å². The average molecular weight is 443 g/mol. The maximum Gasteiger partial charge on any atom is 0.414 e. The van der Waals surface area contributed by atoms with Gasteiger partial charge in [-0.3, -0.25) is 9.80 Å². The van der Waals surface area contributed by atoms with Gasteiger partial charge in [0.15, 0.2) is 0 Å². The summed E-state index contributed by atoms with van der Waals surface area (Å²) in [7, 11) is 3.43. The second-order valence-corrected chi connectivity index (χ2v) is 7.18. The number of rotatable bonds is 7. The first kappa shape index (κ1) is 24.9. The van der Waals surface area contributed by atoms with Gasteiger partial charge in [0.05, 0.1) is 14.2 Å². The minimum absolute atomic E-state index is 0.880. The molecule has 1 saturated heterocycles. The van der Waals surface area contributed by atoms with Gasteiger partial charge < -0.3 is 19.7 Å². The fourth-order valence-corrected chi connectivity index (χ4v) is 3.28. The van der Waals surface area contributed by atoms with Crippen LogP contribution in [0.3, 0.4) is 0 Å². The summed E-state index contributed by atoms with van der Waals surface area (Å²) in [6, 6.07) is 16.5. The molecule has 1 aliphatic rings. The molecule has 0 spiro atoms. The Morgan fingerprint density at radius 1 is 0.906 bits per heavy atom. The number of carboxylic acid groups (broad SMARTS) is 2. The van der Waals surface area contributed by atoms with Crippen LogP contribution >= 0.6 is 0 Å². The van der Waals surface area contributed by atoms with Crippen molar-refractivity contribution in [3.8, 4) is 11.5 Å². The molecule has 3 rings (SSSR count). The van der Waals surface area contributed by atoms with Crippen molar-refractivity contribution in [2.45, 2.75) is 6.54 Å². The number of hydrogen-bond donors (Lipinski definition) is 2. The molecule has 0 unspecified atom stereocenters. The van der Waals surface area contributed by atoms with Crippen LogP contribution in [-0.2, 0) is 16.1 Å². The zero-order valence-electron chi connectivity index (χ0n) is 18.4. The Morgan fingerprint density at radius 2 is 1.53 bits per heavy atom. The molecule has 2 aromatic carbocycles. The van der Waals surface area contributed by atoms with Gasteiger partial charge in [-0.2, -0.15) is 0 Å². The molecule has 0 saturated carbocycles. The highest BCUT2D eigenvalue weighted by atomic mass is 16.5. The van der Waals surface area contributed by atoms with Crippen molar-refractivity contribution in [2.24, 2.45) is 0 Å². The summed E-state index contributed by atoms with van der Waals surface area (Å²) in [6.07, 6.45) is 4.46. The third-order valence-corrected chi connectivity index (χ3v) is 5.00. The molecule has 0 atom stereocenters. The van der Waals surface area contributed by atoms with E-state index in [-0.39, 0.29) is 0 Å². The first-order valence-electron chi connectivity index (χ1n) is 10.3. The molecule has 0 aliphatic carbocycles. The van der Waals surface area contributed by atoms with Crippen LogP contribution in [0.5, 0.6) is 11.5 Å². The van der Waals surface area contributed by atoms with Crippen molar-refractivity contribution in [1.82, 2.24) is 9.80 Å². The van der Waals surface area contributed by atoms with Gasteiger partial charge in [-0.15, -0.1) is 0 Å². The molecule has 0 amide bonds. The van der Waals surface area contributed by atoms with E-state index in [1.165, 1.54) is 11.1 Å². The first-order chi connectivity index (χ1) is 15.4. The number of piperazine rings is 1. The number of benzene rings is 2. The first-order valence-corrected chi connectivity index (χ1v) is 10.3. The molecule has 8 nitrogen and oxygen atoms in total. The summed E-state index contributed by atoms with van der Waals surface area (Å²) < 4.78 is 10.9. The fourth-order valence-electron chi connectivity index (χ4n) is 3.28. The molecule has 2 N–H and O–H groups in total. The zero-order chi connectivity index (χ0) is 23.3. The lowest BCUT2D eigenvalue weighted by molar-refractivity contribution is -0.159. The van der Waals surface area contributed by atoms with Crippen LogP contribution in [0.15, 0.2) is 54.6 Å². The van der Waals surface area contributed by atoms with Crippen molar-refractivity contribution in [3.63, 3.8) is 0 Å². The van der Waals surface area contributed by atoms with E-state index >= 15 is 0 Å².